The van der Waals surface area contributed by atoms with E-state index in [1.165, 1.54) is 9.80 Å². The minimum absolute atomic E-state index is 0.0378. The Kier molecular flexibility index (Phi) is 3.25. The molecule has 1 atom stereocenters. The van der Waals surface area contributed by atoms with Gasteiger partial charge in [0.2, 0.25) is 0 Å². The first kappa shape index (κ1) is 13.1. The van der Waals surface area contributed by atoms with E-state index in [4.69, 9.17) is 0 Å². The van der Waals surface area contributed by atoms with E-state index in [1.54, 1.807) is 45.3 Å². The predicted octanol–water partition coefficient (Wildman–Crippen LogP) is 2.23. The lowest BCUT2D eigenvalue weighted by molar-refractivity contribution is -0.436. The Balaban J connectivity index is 2.62. The van der Waals surface area contributed by atoms with Gasteiger partial charge in [0.05, 0.1) is 10.6 Å². The molecule has 0 fully saturated rings. The van der Waals surface area contributed by atoms with Gasteiger partial charge in [0.25, 0.3) is 5.70 Å². The van der Waals surface area contributed by atoms with E-state index in [1.807, 2.05) is 6.07 Å². The van der Waals surface area contributed by atoms with Crippen molar-refractivity contribution in [3.8, 4) is 0 Å². The highest BCUT2D eigenvalue weighted by Crippen LogP contribution is 2.35. The van der Waals surface area contributed by atoms with Crippen LogP contribution in [0.4, 0.5) is 4.79 Å². The van der Waals surface area contributed by atoms with Gasteiger partial charge in [-0.15, -0.1) is 0 Å². The molecule has 0 aliphatic carbocycles. The summed E-state index contributed by atoms with van der Waals surface area (Å²) in [5.41, 5.74) is 1.15. The lowest BCUT2D eigenvalue weighted by atomic mass is 9.99. The summed E-state index contributed by atoms with van der Waals surface area (Å²) < 4.78 is 0. The molecule has 0 spiro atoms. The van der Waals surface area contributed by atoms with Crippen LogP contribution >= 0.6 is 0 Å². The highest BCUT2D eigenvalue weighted by Gasteiger charge is 2.42. The number of hydrogen-bond acceptors (Lipinski definition) is 3. The topological polar surface area (TPSA) is 66.7 Å². The summed E-state index contributed by atoms with van der Waals surface area (Å²) in [6.45, 7) is 1.60. The Hall–Kier alpha value is -2.37. The Morgan fingerprint density at radius 1 is 1.21 bits per heavy atom. The molecule has 100 valence electrons. The average Bonchev–Trinajstić information content (AvgIpc) is 2.40. The smallest absolute Gasteiger partial charge is 0.310 e. The van der Waals surface area contributed by atoms with Crippen molar-refractivity contribution in [3.05, 3.63) is 57.4 Å². The van der Waals surface area contributed by atoms with Gasteiger partial charge in [-0.1, -0.05) is 30.3 Å². The predicted molar refractivity (Wildman–Crippen MR) is 69.8 cm³/mol. The zero-order chi connectivity index (χ0) is 14.2. The number of rotatable bonds is 2. The van der Waals surface area contributed by atoms with Crippen molar-refractivity contribution in [2.75, 3.05) is 14.1 Å². The van der Waals surface area contributed by atoms with Gasteiger partial charge < -0.3 is 4.90 Å². The maximum absolute atomic E-state index is 12.1. The molecule has 1 aromatic carbocycles. The summed E-state index contributed by atoms with van der Waals surface area (Å²) in [5, 5.41) is 11.3. The van der Waals surface area contributed by atoms with Gasteiger partial charge in [-0.3, -0.25) is 15.0 Å². The molecule has 1 aliphatic rings. The van der Waals surface area contributed by atoms with Crippen LogP contribution in [0, 0.1) is 10.1 Å². The Morgan fingerprint density at radius 3 is 2.32 bits per heavy atom. The minimum Gasteiger partial charge on any atom is -0.310 e. The number of allylic oxidation sites excluding steroid dienone is 1. The number of benzene rings is 1. The maximum atomic E-state index is 12.1. The standard InChI is InChI=1S/C13H15N3O3/c1-9-11(16(18)19)12(10-7-5-4-6-8-10)15(3)13(17)14(9)2/h4-8,12H,1-3H3/t12-/m1/s1. The van der Waals surface area contributed by atoms with Crippen LogP contribution in [0.2, 0.25) is 0 Å². The Bertz CT molecular complexity index is 554. The molecular formula is C13H15N3O3. The third-order valence-electron chi connectivity index (χ3n) is 3.42. The number of carbonyl (C=O) groups excluding carboxylic acids is 1. The highest BCUT2D eigenvalue weighted by molar-refractivity contribution is 5.78. The molecule has 0 N–H and O–H groups in total. The average molecular weight is 261 g/mol. The summed E-state index contributed by atoms with van der Waals surface area (Å²) in [5.74, 6) is 0. The molecule has 0 bridgehead atoms. The van der Waals surface area contributed by atoms with Crippen molar-refractivity contribution in [1.82, 2.24) is 9.80 Å². The zero-order valence-electron chi connectivity index (χ0n) is 11.0. The number of nitrogens with zero attached hydrogens (tertiary/aromatic N) is 3. The van der Waals surface area contributed by atoms with Crippen molar-refractivity contribution in [2.24, 2.45) is 0 Å². The lowest BCUT2D eigenvalue weighted by Crippen LogP contribution is -2.47. The molecule has 0 saturated heterocycles. The van der Waals surface area contributed by atoms with Crippen molar-refractivity contribution < 1.29 is 9.72 Å². The van der Waals surface area contributed by atoms with Crippen molar-refractivity contribution >= 4 is 6.03 Å². The van der Waals surface area contributed by atoms with Crippen LogP contribution in [-0.4, -0.2) is 34.8 Å². The lowest BCUT2D eigenvalue weighted by Gasteiger charge is -2.36. The highest BCUT2D eigenvalue weighted by atomic mass is 16.6. The van der Waals surface area contributed by atoms with Crippen LogP contribution < -0.4 is 0 Å². The summed E-state index contributed by atoms with van der Waals surface area (Å²) in [6, 6.07) is 8.12. The van der Waals surface area contributed by atoms with E-state index in [2.05, 4.69) is 0 Å². The number of nitro groups is 1. The largest absolute Gasteiger partial charge is 0.324 e. The molecule has 2 amide bonds. The van der Waals surface area contributed by atoms with Gasteiger partial charge in [0.1, 0.15) is 0 Å². The molecule has 1 aliphatic heterocycles. The molecule has 1 heterocycles. The molecule has 19 heavy (non-hydrogen) atoms. The Labute approximate surface area is 111 Å². The maximum Gasteiger partial charge on any atom is 0.324 e. The molecule has 6 nitrogen and oxygen atoms in total. The first-order valence-corrected chi connectivity index (χ1v) is 5.85. The molecule has 0 radical (unpaired) electrons. The molecular weight excluding hydrogens is 246 g/mol. The van der Waals surface area contributed by atoms with E-state index in [0.29, 0.717) is 5.70 Å². The number of carbonyl (C=O) groups is 1. The van der Waals surface area contributed by atoms with Gasteiger partial charge in [-0.25, -0.2) is 4.79 Å². The fourth-order valence-corrected chi connectivity index (χ4v) is 2.29. The van der Waals surface area contributed by atoms with Crippen LogP contribution in [0.15, 0.2) is 41.7 Å². The van der Waals surface area contributed by atoms with Gasteiger partial charge in [-0.05, 0) is 12.5 Å². The van der Waals surface area contributed by atoms with Crippen LogP contribution in [0.25, 0.3) is 0 Å². The van der Waals surface area contributed by atoms with E-state index in [9.17, 15) is 14.9 Å². The fourth-order valence-electron chi connectivity index (χ4n) is 2.29. The third kappa shape index (κ3) is 2.05. The van der Waals surface area contributed by atoms with E-state index < -0.39 is 11.0 Å². The number of urea groups is 1. The molecule has 0 saturated carbocycles. The van der Waals surface area contributed by atoms with E-state index in [0.717, 1.165) is 5.56 Å². The van der Waals surface area contributed by atoms with Crippen LogP contribution in [0.3, 0.4) is 0 Å². The number of likely N-dealkylation sites (N-methyl/N-ethyl adjacent to an activating group) is 1. The first-order valence-electron chi connectivity index (χ1n) is 5.85. The monoisotopic (exact) mass is 261 g/mol. The summed E-state index contributed by atoms with van der Waals surface area (Å²) in [4.78, 5) is 25.7. The summed E-state index contributed by atoms with van der Waals surface area (Å²) >= 11 is 0. The van der Waals surface area contributed by atoms with E-state index >= 15 is 0 Å². The van der Waals surface area contributed by atoms with E-state index in [-0.39, 0.29) is 11.7 Å². The van der Waals surface area contributed by atoms with Crippen LogP contribution in [-0.2, 0) is 0 Å². The summed E-state index contributed by atoms with van der Waals surface area (Å²) in [7, 11) is 3.12. The summed E-state index contributed by atoms with van der Waals surface area (Å²) in [6.07, 6.45) is 0. The third-order valence-corrected chi connectivity index (χ3v) is 3.42. The van der Waals surface area contributed by atoms with Gasteiger partial charge in [-0.2, -0.15) is 0 Å². The second-order valence-corrected chi connectivity index (χ2v) is 4.49. The molecule has 0 unspecified atom stereocenters. The number of amides is 2. The number of hydrogen-bond donors (Lipinski definition) is 0. The second-order valence-electron chi connectivity index (χ2n) is 4.49. The van der Waals surface area contributed by atoms with Crippen LogP contribution in [0.5, 0.6) is 0 Å². The molecule has 6 heteroatoms. The van der Waals surface area contributed by atoms with Gasteiger partial charge in [0.15, 0.2) is 6.04 Å². The minimum atomic E-state index is -0.653. The molecule has 0 aromatic heterocycles. The van der Waals surface area contributed by atoms with Gasteiger partial charge in [0, 0.05) is 14.1 Å². The van der Waals surface area contributed by atoms with Crippen molar-refractivity contribution in [1.29, 1.82) is 0 Å². The van der Waals surface area contributed by atoms with Gasteiger partial charge >= 0.3 is 6.03 Å². The normalized spacial score (nSPS) is 19.9. The Morgan fingerprint density at radius 2 is 1.79 bits per heavy atom. The fraction of sp³-hybridized carbons (Fsp3) is 0.308. The first-order chi connectivity index (χ1) is 8.95. The molecule has 2 rings (SSSR count). The molecule has 1 aromatic rings. The zero-order valence-corrected chi connectivity index (χ0v) is 11.0. The van der Waals surface area contributed by atoms with Crippen LogP contribution in [0.1, 0.15) is 18.5 Å². The van der Waals surface area contributed by atoms with Crippen molar-refractivity contribution in [2.45, 2.75) is 13.0 Å². The SMILES string of the molecule is CC1=C([N+](=O)[O-])[C@@H](c2ccccc2)N(C)C(=O)N1C. The second kappa shape index (κ2) is 4.72. The quantitative estimate of drug-likeness (QED) is 0.605. The van der Waals surface area contributed by atoms with Crippen molar-refractivity contribution in [3.63, 3.8) is 0 Å².